The van der Waals surface area contributed by atoms with E-state index < -0.39 is 0 Å². The molecule has 1 aliphatic heterocycles. The van der Waals surface area contributed by atoms with Crippen LogP contribution in [0.25, 0.3) is 0 Å². The van der Waals surface area contributed by atoms with Gasteiger partial charge in [-0.2, -0.15) is 0 Å². The van der Waals surface area contributed by atoms with Crippen LogP contribution in [0.3, 0.4) is 0 Å². The number of piperidine rings is 1. The number of likely N-dealkylation sites (tertiary alicyclic amines) is 1. The second-order valence-corrected chi connectivity index (χ2v) is 6.31. The molecule has 1 rings (SSSR count). The number of aliphatic imine (C=N–C) groups is 1. The minimum absolute atomic E-state index is 0. The third-order valence-corrected chi connectivity index (χ3v) is 4.37. The van der Waals surface area contributed by atoms with Crippen molar-refractivity contribution in [3.05, 3.63) is 0 Å². The van der Waals surface area contributed by atoms with Crippen LogP contribution in [-0.4, -0.2) is 74.8 Å². The van der Waals surface area contributed by atoms with Crippen molar-refractivity contribution in [1.82, 2.24) is 15.1 Å². The predicted octanol–water partition coefficient (Wildman–Crippen LogP) is 3.19. The minimum Gasteiger partial charge on any atom is -0.378 e. The molecular formula is C18H39IN4O. The second kappa shape index (κ2) is 15.2. The van der Waals surface area contributed by atoms with Gasteiger partial charge in [0.1, 0.15) is 0 Å². The van der Waals surface area contributed by atoms with Crippen LogP contribution in [0.15, 0.2) is 4.99 Å². The van der Waals surface area contributed by atoms with E-state index in [2.05, 4.69) is 40.9 Å². The Morgan fingerprint density at radius 1 is 1.12 bits per heavy atom. The molecule has 5 nitrogen and oxygen atoms in total. The number of guanidine groups is 1. The number of rotatable bonds is 10. The van der Waals surface area contributed by atoms with Crippen molar-refractivity contribution in [2.45, 2.75) is 59.0 Å². The summed E-state index contributed by atoms with van der Waals surface area (Å²) >= 11 is 0. The summed E-state index contributed by atoms with van der Waals surface area (Å²) in [5.41, 5.74) is 0. The van der Waals surface area contributed by atoms with Gasteiger partial charge < -0.3 is 19.9 Å². The summed E-state index contributed by atoms with van der Waals surface area (Å²) < 4.78 is 5.72. The van der Waals surface area contributed by atoms with Crippen LogP contribution in [-0.2, 0) is 4.74 Å². The van der Waals surface area contributed by atoms with Gasteiger partial charge in [-0.3, -0.25) is 4.99 Å². The molecule has 24 heavy (non-hydrogen) atoms. The molecule has 6 heteroatoms. The van der Waals surface area contributed by atoms with Crippen LogP contribution in [0.4, 0.5) is 0 Å². The van der Waals surface area contributed by atoms with Crippen molar-refractivity contribution < 1.29 is 4.74 Å². The molecule has 0 aromatic rings. The number of ether oxygens (including phenoxy) is 1. The number of hydrogen-bond donors (Lipinski definition) is 1. The Labute approximate surface area is 166 Å². The Balaban J connectivity index is 0.00000529. The molecule has 144 valence electrons. The second-order valence-electron chi connectivity index (χ2n) is 6.31. The van der Waals surface area contributed by atoms with Gasteiger partial charge in [0, 0.05) is 33.3 Å². The molecule has 0 aromatic carbocycles. The van der Waals surface area contributed by atoms with Crippen molar-refractivity contribution in [3.63, 3.8) is 0 Å². The van der Waals surface area contributed by atoms with Crippen LogP contribution in [0.2, 0.25) is 0 Å². The van der Waals surface area contributed by atoms with E-state index in [1.807, 2.05) is 7.05 Å². The summed E-state index contributed by atoms with van der Waals surface area (Å²) in [4.78, 5) is 9.38. The summed E-state index contributed by atoms with van der Waals surface area (Å²) in [6.07, 6.45) is 6.30. The normalized spacial score (nSPS) is 16.4. The first-order chi connectivity index (χ1) is 11.2. The van der Waals surface area contributed by atoms with Gasteiger partial charge >= 0.3 is 0 Å². The molecule has 0 bridgehead atoms. The zero-order chi connectivity index (χ0) is 16.9. The third-order valence-electron chi connectivity index (χ3n) is 4.37. The first-order valence-electron chi connectivity index (χ1n) is 9.54. The molecule has 1 N–H and O–H groups in total. The Hall–Kier alpha value is -0.0800. The lowest BCUT2D eigenvalue weighted by Crippen LogP contribution is -2.47. The van der Waals surface area contributed by atoms with Gasteiger partial charge in [0.25, 0.3) is 0 Å². The third kappa shape index (κ3) is 9.42. The molecule has 0 amide bonds. The molecule has 1 heterocycles. The van der Waals surface area contributed by atoms with Crippen LogP contribution < -0.4 is 5.32 Å². The van der Waals surface area contributed by atoms with E-state index in [1.165, 1.54) is 38.9 Å². The summed E-state index contributed by atoms with van der Waals surface area (Å²) in [7, 11) is 1.89. The molecule has 0 aromatic heterocycles. The Morgan fingerprint density at radius 2 is 1.75 bits per heavy atom. The molecule has 0 atom stereocenters. The van der Waals surface area contributed by atoms with Crippen molar-refractivity contribution in [1.29, 1.82) is 0 Å². The lowest BCUT2D eigenvalue weighted by atomic mass is 10.1. The summed E-state index contributed by atoms with van der Waals surface area (Å²) in [5, 5.41) is 3.53. The largest absolute Gasteiger partial charge is 0.378 e. The maximum absolute atomic E-state index is 5.72. The highest BCUT2D eigenvalue weighted by atomic mass is 127. The predicted molar refractivity (Wildman–Crippen MR) is 115 cm³/mol. The van der Waals surface area contributed by atoms with E-state index in [9.17, 15) is 0 Å². The number of nitrogens with zero attached hydrogens (tertiary/aromatic N) is 3. The van der Waals surface area contributed by atoms with Crippen molar-refractivity contribution in [2.75, 3.05) is 52.9 Å². The zero-order valence-electron chi connectivity index (χ0n) is 16.2. The number of nitrogens with one attached hydrogen (secondary N) is 1. The average Bonchev–Trinajstić information content (AvgIpc) is 2.56. The topological polar surface area (TPSA) is 40.1 Å². The molecule has 0 unspecified atom stereocenters. The molecule has 0 saturated carbocycles. The molecule has 0 radical (unpaired) electrons. The maximum atomic E-state index is 5.72. The van der Waals surface area contributed by atoms with Crippen molar-refractivity contribution in [3.8, 4) is 0 Å². The van der Waals surface area contributed by atoms with Crippen LogP contribution in [0.1, 0.15) is 52.9 Å². The first-order valence-corrected chi connectivity index (χ1v) is 9.54. The summed E-state index contributed by atoms with van der Waals surface area (Å²) in [6.45, 7) is 14.1. The lowest BCUT2D eigenvalue weighted by Gasteiger charge is -2.34. The molecule has 0 spiro atoms. The highest BCUT2D eigenvalue weighted by Gasteiger charge is 2.21. The van der Waals surface area contributed by atoms with Gasteiger partial charge in [0.05, 0.1) is 6.10 Å². The fourth-order valence-corrected chi connectivity index (χ4v) is 3.27. The zero-order valence-corrected chi connectivity index (χ0v) is 18.6. The Kier molecular flexibility index (Phi) is 15.1. The van der Waals surface area contributed by atoms with Gasteiger partial charge in [0.2, 0.25) is 0 Å². The van der Waals surface area contributed by atoms with E-state index in [-0.39, 0.29) is 24.0 Å². The Bertz CT molecular complexity index is 314. The van der Waals surface area contributed by atoms with E-state index >= 15 is 0 Å². The quantitative estimate of drug-likeness (QED) is 0.238. The molecular weight excluding hydrogens is 415 g/mol. The van der Waals surface area contributed by atoms with Crippen molar-refractivity contribution in [2.24, 2.45) is 4.99 Å². The number of halogens is 1. The Morgan fingerprint density at radius 3 is 2.25 bits per heavy atom. The average molecular weight is 454 g/mol. The van der Waals surface area contributed by atoms with Gasteiger partial charge in [-0.15, -0.1) is 24.0 Å². The monoisotopic (exact) mass is 454 g/mol. The van der Waals surface area contributed by atoms with Gasteiger partial charge in [-0.1, -0.05) is 13.8 Å². The summed E-state index contributed by atoms with van der Waals surface area (Å²) in [6, 6.07) is 0. The lowest BCUT2D eigenvalue weighted by molar-refractivity contribution is 0.0264. The van der Waals surface area contributed by atoms with E-state index in [0.717, 1.165) is 45.0 Å². The van der Waals surface area contributed by atoms with E-state index in [4.69, 9.17) is 4.74 Å². The van der Waals surface area contributed by atoms with Crippen LogP contribution >= 0.6 is 24.0 Å². The molecule has 1 aliphatic rings. The van der Waals surface area contributed by atoms with E-state index in [0.29, 0.717) is 6.10 Å². The molecule has 1 saturated heterocycles. The maximum Gasteiger partial charge on any atom is 0.193 e. The fraction of sp³-hybridized carbons (Fsp3) is 0.944. The first kappa shape index (κ1) is 23.9. The molecule has 0 aliphatic carbocycles. The summed E-state index contributed by atoms with van der Waals surface area (Å²) in [5.74, 6) is 1.05. The fourth-order valence-electron chi connectivity index (χ4n) is 3.27. The van der Waals surface area contributed by atoms with Crippen LogP contribution in [0.5, 0.6) is 0 Å². The van der Waals surface area contributed by atoms with Gasteiger partial charge in [-0.25, -0.2) is 0 Å². The van der Waals surface area contributed by atoms with Gasteiger partial charge in [-0.05, 0) is 58.7 Å². The minimum atomic E-state index is 0. The molecule has 1 fully saturated rings. The smallest absolute Gasteiger partial charge is 0.193 e. The van der Waals surface area contributed by atoms with Gasteiger partial charge in [0.15, 0.2) is 5.96 Å². The van der Waals surface area contributed by atoms with Crippen LogP contribution in [0, 0.1) is 0 Å². The van der Waals surface area contributed by atoms with E-state index in [1.54, 1.807) is 0 Å². The SMILES string of the molecule is CCCN(CCC)CCCNC(=NC)N1CCC(OCC)CC1.I. The van der Waals surface area contributed by atoms with Crippen molar-refractivity contribution >= 4 is 29.9 Å². The number of hydrogen-bond acceptors (Lipinski definition) is 3. The highest BCUT2D eigenvalue weighted by Crippen LogP contribution is 2.13. The highest BCUT2D eigenvalue weighted by molar-refractivity contribution is 14.0. The standard InChI is InChI=1S/C18H38N4O.HI/c1-5-12-21(13-6-2)14-8-11-20-18(19-4)22-15-9-17(10-16-22)23-7-3;/h17H,5-16H2,1-4H3,(H,19,20);1H.